The van der Waals surface area contributed by atoms with Gasteiger partial charge in [0.25, 0.3) is 0 Å². The van der Waals surface area contributed by atoms with Gasteiger partial charge in [-0.15, -0.1) is 11.3 Å². The normalized spacial score (nSPS) is 23.0. The molecule has 1 aromatic heterocycles. The zero-order valence-corrected chi connectivity index (χ0v) is 15.2. The summed E-state index contributed by atoms with van der Waals surface area (Å²) in [5.41, 5.74) is 0. The molecule has 2 aliphatic heterocycles. The highest BCUT2D eigenvalue weighted by Gasteiger charge is 2.30. The first-order valence-corrected chi connectivity index (χ1v) is 10.4. The lowest BCUT2D eigenvalue weighted by Gasteiger charge is -2.23. The Morgan fingerprint density at radius 1 is 1.41 bits per heavy atom. The molecule has 2 saturated heterocycles. The van der Waals surface area contributed by atoms with Crippen molar-refractivity contribution in [1.29, 1.82) is 0 Å². The van der Waals surface area contributed by atoms with E-state index in [0.29, 0.717) is 15.3 Å². The number of carbonyl (C=O) groups is 2. The summed E-state index contributed by atoms with van der Waals surface area (Å²) in [4.78, 5) is 28.9. The van der Waals surface area contributed by atoms with Crippen molar-refractivity contribution in [2.24, 2.45) is 0 Å². The second-order valence-electron chi connectivity index (χ2n) is 5.08. The van der Waals surface area contributed by atoms with Gasteiger partial charge in [0.05, 0.1) is 5.75 Å². The molecule has 0 aromatic carbocycles. The average Bonchev–Trinajstić information content (AvgIpc) is 3.06. The number of amides is 2. The van der Waals surface area contributed by atoms with Gasteiger partial charge in [-0.25, -0.2) is 0 Å². The molecule has 0 radical (unpaired) electrons. The topological polar surface area (TPSA) is 40.6 Å². The first-order chi connectivity index (χ1) is 10.6. The van der Waals surface area contributed by atoms with Crippen molar-refractivity contribution in [3.63, 3.8) is 0 Å². The van der Waals surface area contributed by atoms with Crippen molar-refractivity contribution < 1.29 is 9.59 Å². The predicted octanol–water partition coefficient (Wildman–Crippen LogP) is 2.62. The molecule has 3 heterocycles. The Balaban J connectivity index is 1.57. The molecule has 2 amide bonds. The molecule has 1 atom stereocenters. The van der Waals surface area contributed by atoms with Gasteiger partial charge in [-0.3, -0.25) is 14.5 Å². The second-order valence-corrected chi connectivity index (χ2v) is 8.98. The lowest BCUT2D eigenvalue weighted by Crippen LogP contribution is -2.43. The molecule has 0 spiro atoms. The Hall–Kier alpha value is -0.570. The van der Waals surface area contributed by atoms with Crippen LogP contribution in [0.1, 0.15) is 16.5 Å². The fraction of sp³-hybridized carbons (Fsp3) is 0.500. The van der Waals surface area contributed by atoms with E-state index in [4.69, 9.17) is 12.2 Å². The van der Waals surface area contributed by atoms with E-state index in [-0.39, 0.29) is 18.4 Å². The van der Waals surface area contributed by atoms with Crippen LogP contribution >= 0.6 is 47.1 Å². The summed E-state index contributed by atoms with van der Waals surface area (Å²) < 4.78 is 0.527. The Labute approximate surface area is 147 Å². The van der Waals surface area contributed by atoms with Crippen LogP contribution in [0.2, 0.25) is 0 Å². The molecule has 0 saturated carbocycles. The number of thiophene rings is 1. The average molecular weight is 373 g/mol. The second kappa shape index (κ2) is 7.33. The van der Waals surface area contributed by atoms with Gasteiger partial charge in [0.2, 0.25) is 11.8 Å². The van der Waals surface area contributed by atoms with E-state index in [0.717, 1.165) is 25.3 Å². The number of rotatable bonds is 3. The molecule has 0 bridgehead atoms. The summed E-state index contributed by atoms with van der Waals surface area (Å²) in [5, 5.41) is 2.57. The predicted molar refractivity (Wildman–Crippen MR) is 97.5 cm³/mol. The Morgan fingerprint density at radius 3 is 2.95 bits per heavy atom. The summed E-state index contributed by atoms with van der Waals surface area (Å²) in [6, 6.07) is 4.24. The third-order valence-electron chi connectivity index (χ3n) is 3.69. The van der Waals surface area contributed by atoms with Crippen molar-refractivity contribution >= 4 is 63.2 Å². The van der Waals surface area contributed by atoms with Crippen LogP contribution in [-0.4, -0.2) is 57.1 Å². The SMILES string of the molecule is O=C(CN1C(=O)CSC1=S)N1CCS[C@@H](c2cccs2)CC1. The molecule has 0 aliphatic carbocycles. The highest BCUT2D eigenvalue weighted by molar-refractivity contribution is 8.23. The van der Waals surface area contributed by atoms with Crippen molar-refractivity contribution in [1.82, 2.24) is 9.80 Å². The van der Waals surface area contributed by atoms with E-state index in [2.05, 4.69) is 17.5 Å². The number of hydrogen-bond donors (Lipinski definition) is 0. The van der Waals surface area contributed by atoms with Crippen molar-refractivity contribution in [2.75, 3.05) is 31.1 Å². The van der Waals surface area contributed by atoms with Gasteiger partial charge >= 0.3 is 0 Å². The van der Waals surface area contributed by atoms with Crippen molar-refractivity contribution in [3.8, 4) is 0 Å². The van der Waals surface area contributed by atoms with E-state index < -0.39 is 0 Å². The third-order valence-corrected chi connectivity index (χ3v) is 7.57. The maximum Gasteiger partial charge on any atom is 0.242 e. The Morgan fingerprint density at radius 2 is 2.27 bits per heavy atom. The lowest BCUT2D eigenvalue weighted by molar-refractivity contribution is -0.135. The summed E-state index contributed by atoms with van der Waals surface area (Å²) in [5.74, 6) is 1.25. The minimum atomic E-state index is -0.0518. The molecule has 3 rings (SSSR count). The third kappa shape index (κ3) is 3.67. The minimum Gasteiger partial charge on any atom is -0.340 e. The highest BCUT2D eigenvalue weighted by atomic mass is 32.2. The maximum absolute atomic E-state index is 12.4. The summed E-state index contributed by atoms with van der Waals surface area (Å²) in [7, 11) is 0. The van der Waals surface area contributed by atoms with Crippen LogP contribution in [0.15, 0.2) is 17.5 Å². The molecule has 4 nitrogen and oxygen atoms in total. The quantitative estimate of drug-likeness (QED) is 0.763. The number of thioether (sulfide) groups is 2. The number of thiocarbonyl (C=S) groups is 1. The largest absolute Gasteiger partial charge is 0.340 e. The van der Waals surface area contributed by atoms with Gasteiger partial charge in [0.1, 0.15) is 10.9 Å². The van der Waals surface area contributed by atoms with Crippen LogP contribution < -0.4 is 0 Å². The first-order valence-electron chi connectivity index (χ1n) is 7.05. The molecule has 0 unspecified atom stereocenters. The van der Waals surface area contributed by atoms with Crippen LogP contribution in [0.3, 0.4) is 0 Å². The standard InChI is InChI=1S/C14H16N2O2S4/c17-12(8-16-13(18)9-22-14(16)19)15-4-3-11(21-7-5-15)10-2-1-6-20-10/h1-2,6,11H,3-5,7-9H2/t11-/m1/s1. The van der Waals surface area contributed by atoms with Gasteiger partial charge in [0, 0.05) is 29.0 Å². The van der Waals surface area contributed by atoms with E-state index in [1.165, 1.54) is 21.5 Å². The smallest absolute Gasteiger partial charge is 0.242 e. The van der Waals surface area contributed by atoms with Crippen LogP contribution in [0.5, 0.6) is 0 Å². The Kier molecular flexibility index (Phi) is 5.43. The zero-order chi connectivity index (χ0) is 15.5. The van der Waals surface area contributed by atoms with E-state index >= 15 is 0 Å². The van der Waals surface area contributed by atoms with Crippen LogP contribution in [-0.2, 0) is 9.59 Å². The zero-order valence-electron chi connectivity index (χ0n) is 11.9. The molecule has 1 aromatic rings. The van der Waals surface area contributed by atoms with Gasteiger partial charge in [-0.2, -0.15) is 11.8 Å². The number of carbonyl (C=O) groups excluding carboxylic acids is 2. The highest BCUT2D eigenvalue weighted by Crippen LogP contribution is 2.36. The van der Waals surface area contributed by atoms with Gasteiger partial charge in [-0.1, -0.05) is 30.0 Å². The van der Waals surface area contributed by atoms with Crippen LogP contribution in [0.4, 0.5) is 0 Å². The molecule has 2 fully saturated rings. The lowest BCUT2D eigenvalue weighted by atomic mass is 10.2. The fourth-order valence-electron chi connectivity index (χ4n) is 2.49. The van der Waals surface area contributed by atoms with E-state index in [1.54, 1.807) is 11.3 Å². The summed E-state index contributed by atoms with van der Waals surface area (Å²) in [6.45, 7) is 1.59. The number of nitrogens with zero attached hydrogens (tertiary/aromatic N) is 2. The van der Waals surface area contributed by atoms with E-state index in [9.17, 15) is 9.59 Å². The summed E-state index contributed by atoms with van der Waals surface area (Å²) in [6.07, 6.45) is 0.962. The molecule has 0 N–H and O–H groups in total. The molecule has 2 aliphatic rings. The molecule has 22 heavy (non-hydrogen) atoms. The minimum absolute atomic E-state index is 0.00521. The van der Waals surface area contributed by atoms with Crippen molar-refractivity contribution in [2.45, 2.75) is 11.7 Å². The van der Waals surface area contributed by atoms with Gasteiger partial charge < -0.3 is 4.90 Å². The molecular weight excluding hydrogens is 356 g/mol. The first kappa shape index (κ1) is 16.3. The van der Waals surface area contributed by atoms with E-state index in [1.807, 2.05) is 16.7 Å². The summed E-state index contributed by atoms with van der Waals surface area (Å²) >= 11 is 10.2. The van der Waals surface area contributed by atoms with Gasteiger partial charge in [-0.05, 0) is 17.9 Å². The van der Waals surface area contributed by atoms with Crippen LogP contribution in [0, 0.1) is 0 Å². The Bertz CT molecular complexity index is 559. The maximum atomic E-state index is 12.4. The molecule has 8 heteroatoms. The molecule has 118 valence electrons. The van der Waals surface area contributed by atoms with Gasteiger partial charge in [0.15, 0.2) is 0 Å². The number of hydrogen-bond acceptors (Lipinski definition) is 6. The fourth-order valence-corrected chi connectivity index (χ4v) is 5.80. The van der Waals surface area contributed by atoms with Crippen molar-refractivity contribution in [3.05, 3.63) is 22.4 Å². The molecular formula is C14H16N2O2S4. The van der Waals surface area contributed by atoms with Crippen LogP contribution in [0.25, 0.3) is 0 Å². The monoisotopic (exact) mass is 372 g/mol.